The van der Waals surface area contributed by atoms with Crippen LogP contribution in [0.25, 0.3) is 11.3 Å². The molecule has 2 heterocycles. The molecule has 1 amide bonds. The summed E-state index contributed by atoms with van der Waals surface area (Å²) >= 11 is 0. The molecule has 1 aliphatic heterocycles. The summed E-state index contributed by atoms with van der Waals surface area (Å²) in [6.45, 7) is 2.05. The Morgan fingerprint density at radius 3 is 2.53 bits per heavy atom. The van der Waals surface area contributed by atoms with E-state index in [9.17, 15) is 4.79 Å². The van der Waals surface area contributed by atoms with E-state index in [0.29, 0.717) is 11.5 Å². The van der Waals surface area contributed by atoms with Crippen molar-refractivity contribution in [2.75, 3.05) is 10.6 Å². The topological polar surface area (TPSA) is 76.4 Å². The number of hydrogen-bond donors (Lipinski definition) is 2. The normalized spacial score (nSPS) is 14.5. The standard InChI is InChI=1S/C26H23N3O3/c1-17-13-19-14-18(7-12-24(19)31-17)25-15-23(29-32-25)16-26(30)28-22-10-8-21(9-11-22)27-20-5-3-2-4-6-20/h2-12,14-15,17,27H,13,16H2,1H3,(H,28,30). The van der Waals surface area contributed by atoms with Crippen LogP contribution in [0.4, 0.5) is 17.1 Å². The molecule has 4 aromatic rings. The van der Waals surface area contributed by atoms with Gasteiger partial charge in [-0.1, -0.05) is 23.4 Å². The van der Waals surface area contributed by atoms with Gasteiger partial charge in [0.1, 0.15) is 11.9 Å². The predicted molar refractivity (Wildman–Crippen MR) is 124 cm³/mol. The highest BCUT2D eigenvalue weighted by Gasteiger charge is 2.20. The Bertz CT molecular complexity index is 1230. The summed E-state index contributed by atoms with van der Waals surface area (Å²) in [4.78, 5) is 12.5. The van der Waals surface area contributed by atoms with E-state index in [4.69, 9.17) is 9.26 Å². The van der Waals surface area contributed by atoms with Crippen LogP contribution in [0.2, 0.25) is 0 Å². The molecule has 6 heteroatoms. The molecule has 0 saturated carbocycles. The fourth-order valence-corrected chi connectivity index (χ4v) is 3.80. The zero-order valence-corrected chi connectivity index (χ0v) is 17.7. The van der Waals surface area contributed by atoms with Crippen LogP contribution in [0.1, 0.15) is 18.2 Å². The van der Waals surface area contributed by atoms with Gasteiger partial charge in [-0.05, 0) is 67.1 Å². The molecule has 2 N–H and O–H groups in total. The number of hydrogen-bond acceptors (Lipinski definition) is 5. The molecule has 0 radical (unpaired) electrons. The number of aromatic nitrogens is 1. The van der Waals surface area contributed by atoms with Gasteiger partial charge in [0.05, 0.1) is 12.1 Å². The molecule has 0 spiro atoms. The molecule has 0 bridgehead atoms. The van der Waals surface area contributed by atoms with Crippen molar-refractivity contribution in [2.45, 2.75) is 25.9 Å². The van der Waals surface area contributed by atoms with E-state index < -0.39 is 0 Å². The maximum absolute atomic E-state index is 12.5. The SMILES string of the molecule is CC1Cc2cc(-c3cc(CC(=O)Nc4ccc(Nc5ccccc5)cc4)no3)ccc2O1. The quantitative estimate of drug-likeness (QED) is 0.421. The first kappa shape index (κ1) is 19.9. The summed E-state index contributed by atoms with van der Waals surface area (Å²) in [5, 5.41) is 10.3. The summed E-state index contributed by atoms with van der Waals surface area (Å²) in [5.41, 5.74) is 5.37. The molecule has 1 aliphatic rings. The second-order valence-electron chi connectivity index (χ2n) is 7.93. The number of benzene rings is 3. The second kappa shape index (κ2) is 8.59. The van der Waals surface area contributed by atoms with Crippen LogP contribution < -0.4 is 15.4 Å². The van der Waals surface area contributed by atoms with Gasteiger partial charge in [-0.2, -0.15) is 0 Å². The van der Waals surface area contributed by atoms with Crippen LogP contribution in [-0.2, 0) is 17.6 Å². The second-order valence-corrected chi connectivity index (χ2v) is 7.93. The summed E-state index contributed by atoms with van der Waals surface area (Å²) in [6, 6.07) is 25.3. The van der Waals surface area contributed by atoms with Crippen LogP contribution in [0.5, 0.6) is 5.75 Å². The molecule has 0 saturated heterocycles. The molecule has 32 heavy (non-hydrogen) atoms. The molecule has 5 rings (SSSR count). The lowest BCUT2D eigenvalue weighted by Gasteiger charge is -2.08. The van der Waals surface area contributed by atoms with Crippen molar-refractivity contribution in [1.82, 2.24) is 5.16 Å². The maximum atomic E-state index is 12.5. The van der Waals surface area contributed by atoms with E-state index in [1.165, 1.54) is 0 Å². The van der Waals surface area contributed by atoms with Crippen molar-refractivity contribution in [3.05, 3.63) is 90.1 Å². The predicted octanol–water partition coefficient (Wildman–Crippen LogP) is 5.59. The summed E-state index contributed by atoms with van der Waals surface area (Å²) in [7, 11) is 0. The zero-order valence-electron chi connectivity index (χ0n) is 17.7. The van der Waals surface area contributed by atoms with E-state index >= 15 is 0 Å². The van der Waals surface area contributed by atoms with Crippen LogP contribution in [0, 0.1) is 0 Å². The van der Waals surface area contributed by atoms with Crippen molar-refractivity contribution in [3.63, 3.8) is 0 Å². The molecule has 1 aromatic heterocycles. The van der Waals surface area contributed by atoms with E-state index in [-0.39, 0.29) is 18.4 Å². The molecule has 3 aromatic carbocycles. The third kappa shape index (κ3) is 4.49. The number of nitrogens with one attached hydrogen (secondary N) is 2. The van der Waals surface area contributed by atoms with Crippen LogP contribution in [-0.4, -0.2) is 17.2 Å². The number of para-hydroxylation sites is 1. The van der Waals surface area contributed by atoms with Gasteiger partial charge in [-0.25, -0.2) is 0 Å². The fourth-order valence-electron chi connectivity index (χ4n) is 3.80. The van der Waals surface area contributed by atoms with Crippen LogP contribution >= 0.6 is 0 Å². The Balaban J connectivity index is 1.19. The summed E-state index contributed by atoms with van der Waals surface area (Å²) < 4.78 is 11.2. The van der Waals surface area contributed by atoms with Gasteiger partial charge >= 0.3 is 0 Å². The Kier molecular flexibility index (Phi) is 5.34. The molecule has 1 atom stereocenters. The van der Waals surface area contributed by atoms with Gasteiger partial charge in [0.15, 0.2) is 5.76 Å². The number of ether oxygens (including phenoxy) is 1. The first-order valence-electron chi connectivity index (χ1n) is 10.6. The lowest BCUT2D eigenvalue weighted by molar-refractivity contribution is -0.115. The maximum Gasteiger partial charge on any atom is 0.230 e. The third-order valence-corrected chi connectivity index (χ3v) is 5.31. The van der Waals surface area contributed by atoms with Gasteiger partial charge in [0.2, 0.25) is 5.91 Å². The highest BCUT2D eigenvalue weighted by atomic mass is 16.5. The lowest BCUT2D eigenvalue weighted by Crippen LogP contribution is -2.14. The largest absolute Gasteiger partial charge is 0.490 e. The lowest BCUT2D eigenvalue weighted by atomic mass is 10.1. The molecular formula is C26H23N3O3. The van der Waals surface area contributed by atoms with Gasteiger partial charge in [-0.15, -0.1) is 0 Å². The zero-order chi connectivity index (χ0) is 21.9. The summed E-state index contributed by atoms with van der Waals surface area (Å²) in [6.07, 6.45) is 1.21. The van der Waals surface area contributed by atoms with E-state index in [2.05, 4.69) is 28.8 Å². The average Bonchev–Trinajstić information content (AvgIpc) is 3.40. The van der Waals surface area contributed by atoms with Gasteiger partial charge in [0.25, 0.3) is 0 Å². The fraction of sp³-hybridized carbons (Fsp3) is 0.154. The number of nitrogens with zero attached hydrogens (tertiary/aromatic N) is 1. The smallest absolute Gasteiger partial charge is 0.230 e. The molecule has 0 fully saturated rings. The Morgan fingerprint density at radius 2 is 1.72 bits per heavy atom. The number of fused-ring (bicyclic) bond motifs is 1. The van der Waals surface area contributed by atoms with E-state index in [1.54, 1.807) is 0 Å². The van der Waals surface area contributed by atoms with Crippen LogP contribution in [0.15, 0.2) is 83.4 Å². The minimum absolute atomic E-state index is 0.138. The molecule has 6 nitrogen and oxygen atoms in total. The number of rotatable bonds is 6. The van der Waals surface area contributed by atoms with Crippen molar-refractivity contribution in [1.29, 1.82) is 0 Å². The van der Waals surface area contributed by atoms with Gasteiger partial charge in [-0.3, -0.25) is 4.79 Å². The van der Waals surface area contributed by atoms with E-state index in [0.717, 1.165) is 40.4 Å². The highest BCUT2D eigenvalue weighted by Crippen LogP contribution is 2.33. The Labute approximate surface area is 186 Å². The van der Waals surface area contributed by atoms with Gasteiger partial charge in [0, 0.05) is 35.1 Å². The molecular weight excluding hydrogens is 402 g/mol. The first-order valence-corrected chi connectivity index (χ1v) is 10.6. The highest BCUT2D eigenvalue weighted by molar-refractivity contribution is 5.92. The van der Waals surface area contributed by atoms with Crippen molar-refractivity contribution in [3.8, 4) is 17.1 Å². The van der Waals surface area contributed by atoms with Crippen molar-refractivity contribution < 1.29 is 14.1 Å². The number of carbonyl (C=O) groups excluding carboxylic acids is 1. The Hall–Kier alpha value is -4.06. The number of amides is 1. The Morgan fingerprint density at radius 1 is 0.969 bits per heavy atom. The first-order chi connectivity index (χ1) is 15.6. The molecule has 1 unspecified atom stereocenters. The molecule has 160 valence electrons. The number of anilines is 3. The van der Waals surface area contributed by atoms with Crippen molar-refractivity contribution >= 4 is 23.0 Å². The minimum Gasteiger partial charge on any atom is -0.490 e. The number of carbonyl (C=O) groups is 1. The monoisotopic (exact) mass is 425 g/mol. The van der Waals surface area contributed by atoms with E-state index in [1.807, 2.05) is 72.8 Å². The molecule has 0 aliphatic carbocycles. The summed E-state index contributed by atoms with van der Waals surface area (Å²) in [5.74, 6) is 1.42. The average molecular weight is 425 g/mol. The third-order valence-electron chi connectivity index (χ3n) is 5.31. The van der Waals surface area contributed by atoms with Gasteiger partial charge < -0.3 is 19.9 Å². The van der Waals surface area contributed by atoms with Crippen LogP contribution in [0.3, 0.4) is 0 Å². The minimum atomic E-state index is -0.148. The van der Waals surface area contributed by atoms with Crippen molar-refractivity contribution in [2.24, 2.45) is 0 Å².